The maximum absolute atomic E-state index is 11.3. The van der Waals surface area contributed by atoms with E-state index in [0.717, 1.165) is 11.5 Å². The van der Waals surface area contributed by atoms with Crippen molar-refractivity contribution in [2.24, 2.45) is 0 Å². The molecule has 2 heterocycles. The Labute approximate surface area is 124 Å². The third-order valence-corrected chi connectivity index (χ3v) is 3.18. The first kappa shape index (κ1) is 15.1. The zero-order valence-corrected chi connectivity index (χ0v) is 12.7. The Morgan fingerprint density at radius 3 is 2.62 bits per heavy atom. The third-order valence-electron chi connectivity index (χ3n) is 3.18. The summed E-state index contributed by atoms with van der Waals surface area (Å²) in [5.74, 6) is 0.343. The van der Waals surface area contributed by atoms with E-state index in [1.54, 1.807) is 12.3 Å². The topological polar surface area (TPSA) is 75.4 Å². The largest absolute Gasteiger partial charge is 0.478 e. The number of aromatic nitrogens is 1. The van der Waals surface area contributed by atoms with E-state index in [4.69, 9.17) is 4.42 Å². The van der Waals surface area contributed by atoms with Gasteiger partial charge in [-0.05, 0) is 31.2 Å². The lowest BCUT2D eigenvalue weighted by atomic mass is 9.90. The number of nitrogens with zero attached hydrogens (tertiary/aromatic N) is 1. The van der Waals surface area contributed by atoms with E-state index in [2.05, 4.69) is 10.3 Å². The monoisotopic (exact) mass is 288 g/mol. The van der Waals surface area contributed by atoms with E-state index in [9.17, 15) is 9.90 Å². The van der Waals surface area contributed by atoms with Gasteiger partial charge in [0.15, 0.2) is 0 Å². The minimum Gasteiger partial charge on any atom is -0.478 e. The summed E-state index contributed by atoms with van der Waals surface area (Å²) in [5.41, 5.74) is 0.733. The number of carbonyl (C=O) groups is 1. The molecule has 0 aliphatic rings. The van der Waals surface area contributed by atoms with Crippen LogP contribution in [0.25, 0.3) is 0 Å². The second-order valence-electron chi connectivity index (χ2n) is 6.06. The second kappa shape index (κ2) is 5.60. The van der Waals surface area contributed by atoms with Crippen LogP contribution < -0.4 is 5.32 Å². The molecule has 21 heavy (non-hydrogen) atoms. The van der Waals surface area contributed by atoms with Gasteiger partial charge in [-0.15, -0.1) is 0 Å². The van der Waals surface area contributed by atoms with Gasteiger partial charge in [0, 0.05) is 11.1 Å². The molecule has 0 amide bonds. The summed E-state index contributed by atoms with van der Waals surface area (Å²) >= 11 is 0. The standard InChI is InChI=1S/C16H20N2O3/c1-10(12-6-5-7-21-12)17-14-9-11(15(19)20)8-13(18-14)16(2,3)4/h5-10H,1-4H3,(H,17,18)(H,19,20). The Kier molecular flexibility index (Phi) is 4.02. The third kappa shape index (κ3) is 3.62. The molecule has 2 N–H and O–H groups in total. The number of carboxylic acids is 1. The Bertz CT molecular complexity index is 627. The van der Waals surface area contributed by atoms with Crippen molar-refractivity contribution in [1.29, 1.82) is 0 Å². The Balaban J connectivity index is 2.34. The van der Waals surface area contributed by atoms with Crippen LogP contribution in [0.15, 0.2) is 34.9 Å². The highest BCUT2D eigenvalue weighted by molar-refractivity contribution is 5.88. The van der Waals surface area contributed by atoms with Crippen LogP contribution in [0, 0.1) is 0 Å². The molecule has 112 valence electrons. The first-order chi connectivity index (χ1) is 9.77. The van der Waals surface area contributed by atoms with Gasteiger partial charge in [0.05, 0.1) is 17.9 Å². The van der Waals surface area contributed by atoms with Crippen molar-refractivity contribution in [3.63, 3.8) is 0 Å². The number of furan rings is 1. The molecule has 0 aromatic carbocycles. The number of anilines is 1. The highest BCUT2D eigenvalue weighted by atomic mass is 16.4. The van der Waals surface area contributed by atoms with Gasteiger partial charge in [0.1, 0.15) is 11.6 Å². The van der Waals surface area contributed by atoms with Crippen LogP contribution in [0.3, 0.4) is 0 Å². The molecule has 0 bridgehead atoms. The zero-order chi connectivity index (χ0) is 15.6. The lowest BCUT2D eigenvalue weighted by Gasteiger charge is -2.20. The molecule has 0 aliphatic heterocycles. The molecule has 5 heteroatoms. The zero-order valence-electron chi connectivity index (χ0n) is 12.7. The normalized spacial score (nSPS) is 13.0. The van der Waals surface area contributed by atoms with Crippen molar-refractivity contribution in [2.75, 3.05) is 5.32 Å². The number of nitrogens with one attached hydrogen (secondary N) is 1. The van der Waals surface area contributed by atoms with Crippen molar-refractivity contribution < 1.29 is 14.3 Å². The van der Waals surface area contributed by atoms with E-state index in [1.807, 2.05) is 39.8 Å². The Morgan fingerprint density at radius 2 is 2.10 bits per heavy atom. The molecule has 0 saturated heterocycles. The van der Waals surface area contributed by atoms with Crippen LogP contribution in [0.4, 0.5) is 5.82 Å². The summed E-state index contributed by atoms with van der Waals surface area (Å²) < 4.78 is 5.34. The molecule has 2 aromatic heterocycles. The molecule has 0 saturated carbocycles. The van der Waals surface area contributed by atoms with Gasteiger partial charge in [0.2, 0.25) is 0 Å². The van der Waals surface area contributed by atoms with Crippen LogP contribution >= 0.6 is 0 Å². The average Bonchev–Trinajstić information content (AvgIpc) is 2.91. The summed E-state index contributed by atoms with van der Waals surface area (Å²) in [6, 6.07) is 6.74. The molecule has 0 radical (unpaired) electrons. The molecule has 2 rings (SSSR count). The molecule has 0 fully saturated rings. The molecule has 1 unspecified atom stereocenters. The number of aromatic carboxylic acids is 1. The van der Waals surface area contributed by atoms with Crippen LogP contribution in [-0.4, -0.2) is 16.1 Å². The maximum atomic E-state index is 11.3. The first-order valence-electron chi connectivity index (χ1n) is 6.83. The van der Waals surface area contributed by atoms with Crippen LogP contribution in [0.2, 0.25) is 0 Å². The van der Waals surface area contributed by atoms with E-state index in [1.165, 1.54) is 6.07 Å². The Hall–Kier alpha value is -2.30. The summed E-state index contributed by atoms with van der Waals surface area (Å²) in [5, 5.41) is 12.4. The lowest BCUT2D eigenvalue weighted by Crippen LogP contribution is -2.17. The quantitative estimate of drug-likeness (QED) is 0.894. The summed E-state index contributed by atoms with van der Waals surface area (Å²) in [7, 11) is 0. The summed E-state index contributed by atoms with van der Waals surface area (Å²) in [4.78, 5) is 15.8. The van der Waals surface area contributed by atoms with E-state index in [0.29, 0.717) is 5.82 Å². The van der Waals surface area contributed by atoms with Crippen LogP contribution in [0.1, 0.15) is 55.5 Å². The van der Waals surface area contributed by atoms with Crippen LogP contribution in [-0.2, 0) is 5.41 Å². The number of hydrogen-bond acceptors (Lipinski definition) is 4. The highest BCUT2D eigenvalue weighted by Gasteiger charge is 2.20. The first-order valence-corrected chi connectivity index (χ1v) is 6.83. The van der Waals surface area contributed by atoms with E-state index in [-0.39, 0.29) is 17.0 Å². The number of pyridine rings is 1. The van der Waals surface area contributed by atoms with Crippen molar-refractivity contribution >= 4 is 11.8 Å². The summed E-state index contributed by atoms with van der Waals surface area (Å²) in [6.07, 6.45) is 1.61. The lowest BCUT2D eigenvalue weighted by molar-refractivity contribution is 0.0696. The number of hydrogen-bond donors (Lipinski definition) is 2. The molecule has 0 spiro atoms. The molecule has 1 atom stereocenters. The fourth-order valence-corrected chi connectivity index (χ4v) is 1.94. The fourth-order valence-electron chi connectivity index (χ4n) is 1.94. The van der Waals surface area contributed by atoms with Gasteiger partial charge >= 0.3 is 5.97 Å². The maximum Gasteiger partial charge on any atom is 0.335 e. The molecular formula is C16H20N2O3. The number of carboxylic acid groups (broad SMARTS) is 1. The van der Waals surface area contributed by atoms with Crippen LogP contribution in [0.5, 0.6) is 0 Å². The fraction of sp³-hybridized carbons (Fsp3) is 0.375. The van der Waals surface area contributed by atoms with Gasteiger partial charge in [-0.3, -0.25) is 0 Å². The minimum absolute atomic E-state index is 0.0932. The van der Waals surface area contributed by atoms with Gasteiger partial charge in [-0.25, -0.2) is 9.78 Å². The van der Waals surface area contributed by atoms with Gasteiger partial charge in [-0.1, -0.05) is 20.8 Å². The molecule has 5 nitrogen and oxygen atoms in total. The predicted molar refractivity (Wildman–Crippen MR) is 80.6 cm³/mol. The second-order valence-corrected chi connectivity index (χ2v) is 6.06. The minimum atomic E-state index is -0.961. The average molecular weight is 288 g/mol. The van der Waals surface area contributed by atoms with Gasteiger partial charge < -0.3 is 14.8 Å². The highest BCUT2D eigenvalue weighted by Crippen LogP contribution is 2.25. The SMILES string of the molecule is CC(Nc1cc(C(=O)O)cc(C(C)(C)C)n1)c1ccco1. The van der Waals surface area contributed by atoms with E-state index >= 15 is 0 Å². The van der Waals surface area contributed by atoms with Gasteiger partial charge in [-0.2, -0.15) is 0 Å². The van der Waals surface area contributed by atoms with Crippen molar-refractivity contribution in [2.45, 2.75) is 39.2 Å². The van der Waals surface area contributed by atoms with Crippen molar-refractivity contribution in [3.05, 3.63) is 47.5 Å². The molecular weight excluding hydrogens is 268 g/mol. The molecule has 0 aliphatic carbocycles. The smallest absolute Gasteiger partial charge is 0.335 e. The van der Waals surface area contributed by atoms with E-state index < -0.39 is 5.97 Å². The van der Waals surface area contributed by atoms with Gasteiger partial charge in [0.25, 0.3) is 0 Å². The summed E-state index contributed by atoms with van der Waals surface area (Å²) in [6.45, 7) is 7.94. The molecule has 2 aromatic rings. The predicted octanol–water partition coefficient (Wildman–Crippen LogP) is 3.84. The number of rotatable bonds is 4. The van der Waals surface area contributed by atoms with Crippen molar-refractivity contribution in [3.8, 4) is 0 Å². The Morgan fingerprint density at radius 1 is 1.38 bits per heavy atom. The van der Waals surface area contributed by atoms with Crippen molar-refractivity contribution in [1.82, 2.24) is 4.98 Å².